The van der Waals surface area contributed by atoms with Crippen molar-refractivity contribution < 1.29 is 9.84 Å². The van der Waals surface area contributed by atoms with E-state index in [4.69, 9.17) is 9.84 Å². The molecule has 0 bridgehead atoms. The molecule has 0 aromatic heterocycles. The molecule has 13 heavy (non-hydrogen) atoms. The molecule has 1 unspecified atom stereocenters. The summed E-state index contributed by atoms with van der Waals surface area (Å²) in [5.74, 6) is 0. The van der Waals surface area contributed by atoms with Gasteiger partial charge in [0.15, 0.2) is 0 Å². The van der Waals surface area contributed by atoms with Gasteiger partial charge in [-0.15, -0.1) is 0 Å². The Balaban J connectivity index is 2.19. The third kappa shape index (κ3) is 2.93. The molecule has 1 fully saturated rings. The van der Waals surface area contributed by atoms with Crippen LogP contribution in [0.15, 0.2) is 0 Å². The Morgan fingerprint density at radius 1 is 1.46 bits per heavy atom. The zero-order valence-electron chi connectivity index (χ0n) is 9.08. The summed E-state index contributed by atoms with van der Waals surface area (Å²) in [5, 5.41) is 8.79. The average molecular weight is 187 g/mol. The Hall–Kier alpha value is -0.120. The van der Waals surface area contributed by atoms with E-state index < -0.39 is 0 Å². The summed E-state index contributed by atoms with van der Waals surface area (Å²) in [6.07, 6.45) is 0.300. The fourth-order valence-electron chi connectivity index (χ4n) is 1.44. The Labute approximate surface area is 80.7 Å². The van der Waals surface area contributed by atoms with Crippen LogP contribution in [-0.2, 0) is 4.74 Å². The number of hydrogen-bond acceptors (Lipinski definition) is 3. The minimum absolute atomic E-state index is 0.0212. The van der Waals surface area contributed by atoms with E-state index in [2.05, 4.69) is 25.7 Å². The van der Waals surface area contributed by atoms with Crippen LogP contribution in [-0.4, -0.2) is 47.4 Å². The molecule has 0 aromatic rings. The van der Waals surface area contributed by atoms with Gasteiger partial charge in [0, 0.05) is 18.6 Å². The molecule has 0 aliphatic carbocycles. The van der Waals surface area contributed by atoms with E-state index in [0.717, 1.165) is 13.1 Å². The molecule has 1 saturated heterocycles. The van der Waals surface area contributed by atoms with E-state index in [1.54, 1.807) is 0 Å². The van der Waals surface area contributed by atoms with E-state index in [1.807, 2.05) is 6.92 Å². The molecular weight excluding hydrogens is 166 g/mol. The van der Waals surface area contributed by atoms with Crippen molar-refractivity contribution in [2.45, 2.75) is 45.4 Å². The number of aliphatic hydroxyl groups is 1. The summed E-state index contributed by atoms with van der Waals surface area (Å²) < 4.78 is 5.57. The molecule has 3 heteroatoms. The van der Waals surface area contributed by atoms with Gasteiger partial charge in [0.25, 0.3) is 0 Å². The lowest BCUT2D eigenvalue weighted by Gasteiger charge is -2.47. The van der Waals surface area contributed by atoms with E-state index in [-0.39, 0.29) is 18.2 Å². The van der Waals surface area contributed by atoms with Crippen LogP contribution in [0.3, 0.4) is 0 Å². The summed E-state index contributed by atoms with van der Waals surface area (Å²) in [5.41, 5.74) is 0.252. The predicted octanol–water partition coefficient (Wildman–Crippen LogP) is 0.866. The largest absolute Gasteiger partial charge is 0.394 e. The molecule has 1 aliphatic rings. The minimum atomic E-state index is -0.0212. The normalized spacial score (nSPS) is 22.8. The van der Waals surface area contributed by atoms with Gasteiger partial charge in [-0.25, -0.2) is 0 Å². The monoisotopic (exact) mass is 187 g/mol. The maximum Gasteiger partial charge on any atom is 0.0833 e. The maximum absolute atomic E-state index is 8.79. The summed E-state index contributed by atoms with van der Waals surface area (Å²) in [6.45, 7) is 10.6. The van der Waals surface area contributed by atoms with Gasteiger partial charge in [0.2, 0.25) is 0 Å². The average Bonchev–Trinajstić information content (AvgIpc) is 1.92. The van der Waals surface area contributed by atoms with Crippen LogP contribution in [0.4, 0.5) is 0 Å². The summed E-state index contributed by atoms with van der Waals surface area (Å²) >= 11 is 0. The van der Waals surface area contributed by atoms with Crippen molar-refractivity contribution in [1.29, 1.82) is 0 Å². The fraction of sp³-hybridized carbons (Fsp3) is 1.00. The topological polar surface area (TPSA) is 32.7 Å². The number of hydrogen-bond donors (Lipinski definition) is 1. The molecule has 1 heterocycles. The van der Waals surface area contributed by atoms with Crippen LogP contribution in [0.5, 0.6) is 0 Å². The second-order valence-electron chi connectivity index (χ2n) is 4.83. The number of rotatable bonds is 3. The first-order chi connectivity index (χ1) is 5.93. The highest BCUT2D eigenvalue weighted by Gasteiger charge is 2.35. The Morgan fingerprint density at radius 2 is 2.00 bits per heavy atom. The van der Waals surface area contributed by atoms with E-state index in [9.17, 15) is 0 Å². The molecule has 0 spiro atoms. The van der Waals surface area contributed by atoms with Gasteiger partial charge >= 0.3 is 0 Å². The highest BCUT2D eigenvalue weighted by molar-refractivity contribution is 4.89. The number of likely N-dealkylation sites (tertiary alicyclic amines) is 1. The predicted molar refractivity (Wildman–Crippen MR) is 52.7 cm³/mol. The van der Waals surface area contributed by atoms with E-state index in [1.165, 1.54) is 0 Å². The van der Waals surface area contributed by atoms with Crippen molar-refractivity contribution >= 4 is 0 Å². The molecule has 78 valence electrons. The van der Waals surface area contributed by atoms with Gasteiger partial charge in [-0.2, -0.15) is 0 Å². The minimum Gasteiger partial charge on any atom is -0.394 e. The van der Waals surface area contributed by atoms with Crippen LogP contribution in [0, 0.1) is 0 Å². The molecule has 0 radical (unpaired) electrons. The first kappa shape index (κ1) is 11.0. The Bertz CT molecular complexity index is 159. The third-order valence-corrected chi connectivity index (χ3v) is 2.48. The van der Waals surface area contributed by atoms with Crippen molar-refractivity contribution in [2.75, 3.05) is 19.7 Å². The van der Waals surface area contributed by atoms with Gasteiger partial charge < -0.3 is 9.84 Å². The molecule has 0 aromatic carbocycles. The standard InChI is InChI=1S/C10H21NO2/c1-8(7-12)13-9-5-11(6-9)10(2,3)4/h8-9,12H,5-7H2,1-4H3. The van der Waals surface area contributed by atoms with Crippen LogP contribution in [0.25, 0.3) is 0 Å². The van der Waals surface area contributed by atoms with Gasteiger partial charge in [-0.1, -0.05) is 0 Å². The zero-order chi connectivity index (χ0) is 10.1. The molecule has 0 amide bonds. The van der Waals surface area contributed by atoms with Gasteiger partial charge in [-0.3, -0.25) is 4.90 Å². The van der Waals surface area contributed by atoms with Crippen molar-refractivity contribution in [3.05, 3.63) is 0 Å². The smallest absolute Gasteiger partial charge is 0.0833 e. The first-order valence-corrected chi connectivity index (χ1v) is 4.95. The lowest BCUT2D eigenvalue weighted by atomic mass is 9.99. The molecule has 1 atom stereocenters. The third-order valence-electron chi connectivity index (χ3n) is 2.48. The molecule has 3 nitrogen and oxygen atoms in total. The molecule has 1 aliphatic heterocycles. The first-order valence-electron chi connectivity index (χ1n) is 4.95. The van der Waals surface area contributed by atoms with E-state index >= 15 is 0 Å². The highest BCUT2D eigenvalue weighted by atomic mass is 16.5. The van der Waals surface area contributed by atoms with Crippen LogP contribution in [0.1, 0.15) is 27.7 Å². The Morgan fingerprint density at radius 3 is 2.38 bits per heavy atom. The lowest BCUT2D eigenvalue weighted by molar-refractivity contribution is -0.122. The quantitative estimate of drug-likeness (QED) is 0.711. The molecule has 1 rings (SSSR count). The van der Waals surface area contributed by atoms with Gasteiger partial charge in [0.05, 0.1) is 18.8 Å². The van der Waals surface area contributed by atoms with Crippen LogP contribution >= 0.6 is 0 Å². The fourth-order valence-corrected chi connectivity index (χ4v) is 1.44. The van der Waals surface area contributed by atoms with Crippen LogP contribution in [0.2, 0.25) is 0 Å². The number of aliphatic hydroxyl groups excluding tert-OH is 1. The summed E-state index contributed by atoms with van der Waals surface area (Å²) in [7, 11) is 0. The summed E-state index contributed by atoms with van der Waals surface area (Å²) in [6, 6.07) is 0. The number of ether oxygens (including phenoxy) is 1. The van der Waals surface area contributed by atoms with E-state index in [0.29, 0.717) is 6.10 Å². The van der Waals surface area contributed by atoms with Crippen LogP contribution < -0.4 is 0 Å². The molecular formula is C10H21NO2. The highest BCUT2D eigenvalue weighted by Crippen LogP contribution is 2.23. The van der Waals surface area contributed by atoms with Crippen molar-refractivity contribution in [3.63, 3.8) is 0 Å². The SMILES string of the molecule is CC(CO)OC1CN(C(C)(C)C)C1. The van der Waals surface area contributed by atoms with Crippen molar-refractivity contribution in [3.8, 4) is 0 Å². The maximum atomic E-state index is 8.79. The van der Waals surface area contributed by atoms with Gasteiger partial charge in [0.1, 0.15) is 0 Å². The van der Waals surface area contributed by atoms with Crippen molar-refractivity contribution in [1.82, 2.24) is 4.90 Å². The molecule has 0 saturated carbocycles. The number of nitrogens with zero attached hydrogens (tertiary/aromatic N) is 1. The zero-order valence-corrected chi connectivity index (χ0v) is 9.08. The summed E-state index contributed by atoms with van der Waals surface area (Å²) in [4.78, 5) is 2.38. The molecule has 1 N–H and O–H groups in total. The van der Waals surface area contributed by atoms with Crippen molar-refractivity contribution in [2.24, 2.45) is 0 Å². The van der Waals surface area contributed by atoms with Gasteiger partial charge in [-0.05, 0) is 27.7 Å². The second kappa shape index (κ2) is 3.95. The lowest BCUT2D eigenvalue weighted by Crippen LogP contribution is -2.60. The Kier molecular flexibility index (Phi) is 3.33. The second-order valence-corrected chi connectivity index (χ2v) is 4.83.